The fraction of sp³-hybridized carbons (Fsp3) is 0. The number of benzene rings is 1. The third-order valence-electron chi connectivity index (χ3n) is 2.46. The third-order valence-corrected chi connectivity index (χ3v) is 2.76. The van der Waals surface area contributed by atoms with Crippen molar-refractivity contribution in [2.45, 2.75) is 0 Å². The van der Waals surface area contributed by atoms with Crippen LogP contribution in [0.2, 0.25) is 5.02 Å². The SMILES string of the molecule is Nc1cccnc1C(=O)Nc1ccc([N+](=O)[O-])c(Cl)c1. The van der Waals surface area contributed by atoms with E-state index in [1.165, 1.54) is 24.4 Å². The summed E-state index contributed by atoms with van der Waals surface area (Å²) in [6.45, 7) is 0. The first kappa shape index (κ1) is 13.8. The number of nitrogens with two attached hydrogens (primary N) is 1. The summed E-state index contributed by atoms with van der Waals surface area (Å²) >= 11 is 5.75. The van der Waals surface area contributed by atoms with Crippen molar-refractivity contribution in [3.8, 4) is 0 Å². The number of aromatic nitrogens is 1. The highest BCUT2D eigenvalue weighted by atomic mass is 35.5. The molecule has 0 aliphatic heterocycles. The molecule has 1 aromatic heterocycles. The van der Waals surface area contributed by atoms with E-state index in [-0.39, 0.29) is 22.1 Å². The van der Waals surface area contributed by atoms with Crippen molar-refractivity contribution in [1.82, 2.24) is 4.98 Å². The van der Waals surface area contributed by atoms with Crippen LogP contribution in [0.4, 0.5) is 17.1 Å². The minimum atomic E-state index is -0.606. The van der Waals surface area contributed by atoms with Crippen LogP contribution in [0.15, 0.2) is 36.5 Å². The zero-order chi connectivity index (χ0) is 14.7. The lowest BCUT2D eigenvalue weighted by Gasteiger charge is -2.06. The molecule has 2 rings (SSSR count). The standard InChI is InChI=1S/C12H9ClN4O3/c13-8-6-7(3-4-10(8)17(19)20)16-12(18)11-9(14)2-1-5-15-11/h1-6H,14H2,(H,16,18). The number of anilines is 2. The van der Waals surface area contributed by atoms with Gasteiger partial charge in [0.2, 0.25) is 0 Å². The van der Waals surface area contributed by atoms with Crippen LogP contribution in [0, 0.1) is 10.1 Å². The van der Waals surface area contributed by atoms with Gasteiger partial charge in [0.15, 0.2) is 5.69 Å². The number of carbonyl (C=O) groups excluding carboxylic acids is 1. The number of nitrogen functional groups attached to an aromatic ring is 1. The van der Waals surface area contributed by atoms with Gasteiger partial charge in [-0.1, -0.05) is 11.6 Å². The van der Waals surface area contributed by atoms with Gasteiger partial charge in [0.05, 0.1) is 10.6 Å². The summed E-state index contributed by atoms with van der Waals surface area (Å²) in [6, 6.07) is 7.02. The first-order valence-electron chi connectivity index (χ1n) is 5.45. The Morgan fingerprint density at radius 2 is 2.15 bits per heavy atom. The highest BCUT2D eigenvalue weighted by Gasteiger charge is 2.15. The zero-order valence-corrected chi connectivity index (χ0v) is 10.8. The molecule has 0 spiro atoms. The summed E-state index contributed by atoms with van der Waals surface area (Å²) in [5, 5.41) is 13.1. The number of halogens is 1. The van der Waals surface area contributed by atoms with E-state index >= 15 is 0 Å². The fourth-order valence-electron chi connectivity index (χ4n) is 1.53. The summed E-state index contributed by atoms with van der Waals surface area (Å²) in [6.07, 6.45) is 1.44. The first-order chi connectivity index (χ1) is 9.49. The second kappa shape index (κ2) is 5.54. The highest BCUT2D eigenvalue weighted by molar-refractivity contribution is 6.33. The van der Waals surface area contributed by atoms with Gasteiger partial charge in [0.1, 0.15) is 5.02 Å². The maximum Gasteiger partial charge on any atom is 0.288 e. The van der Waals surface area contributed by atoms with Crippen LogP contribution < -0.4 is 11.1 Å². The molecule has 1 aromatic carbocycles. The van der Waals surface area contributed by atoms with Gasteiger partial charge in [0, 0.05) is 18.0 Å². The summed E-state index contributed by atoms with van der Waals surface area (Å²) in [5.41, 5.74) is 6.02. The number of rotatable bonds is 3. The Balaban J connectivity index is 2.23. The number of amides is 1. The molecule has 1 amide bonds. The van der Waals surface area contributed by atoms with E-state index < -0.39 is 10.8 Å². The molecule has 20 heavy (non-hydrogen) atoms. The van der Waals surface area contributed by atoms with Gasteiger partial charge in [-0.05, 0) is 24.3 Å². The monoisotopic (exact) mass is 292 g/mol. The summed E-state index contributed by atoms with van der Waals surface area (Å²) in [5.74, 6) is -0.520. The lowest BCUT2D eigenvalue weighted by Crippen LogP contribution is -2.15. The number of hydrogen-bond acceptors (Lipinski definition) is 5. The van der Waals surface area contributed by atoms with Crippen LogP contribution in [-0.4, -0.2) is 15.8 Å². The number of nitrogens with one attached hydrogen (secondary N) is 1. The Morgan fingerprint density at radius 3 is 2.75 bits per heavy atom. The Bertz CT molecular complexity index is 690. The van der Waals surface area contributed by atoms with Gasteiger partial charge in [-0.15, -0.1) is 0 Å². The van der Waals surface area contributed by atoms with E-state index in [1.54, 1.807) is 12.1 Å². The predicted molar refractivity (Wildman–Crippen MR) is 74.7 cm³/mol. The third kappa shape index (κ3) is 2.83. The van der Waals surface area contributed by atoms with Crippen molar-refractivity contribution in [1.29, 1.82) is 0 Å². The van der Waals surface area contributed by atoms with E-state index in [4.69, 9.17) is 17.3 Å². The van der Waals surface area contributed by atoms with Crippen molar-refractivity contribution >= 4 is 34.6 Å². The first-order valence-corrected chi connectivity index (χ1v) is 5.82. The second-order valence-electron chi connectivity index (χ2n) is 3.82. The molecule has 1 heterocycles. The highest BCUT2D eigenvalue weighted by Crippen LogP contribution is 2.27. The Kier molecular flexibility index (Phi) is 3.81. The zero-order valence-electron chi connectivity index (χ0n) is 10.0. The van der Waals surface area contributed by atoms with E-state index in [1.807, 2.05) is 0 Å². The van der Waals surface area contributed by atoms with Crippen molar-refractivity contribution in [3.63, 3.8) is 0 Å². The fourth-order valence-corrected chi connectivity index (χ4v) is 1.78. The van der Waals surface area contributed by atoms with Gasteiger partial charge in [-0.3, -0.25) is 14.9 Å². The molecule has 0 unspecified atom stereocenters. The number of nitro groups is 1. The minimum absolute atomic E-state index is 0.0678. The van der Waals surface area contributed by atoms with E-state index in [2.05, 4.69) is 10.3 Å². The number of hydrogen-bond donors (Lipinski definition) is 2. The summed E-state index contributed by atoms with van der Waals surface area (Å²) in [7, 11) is 0. The van der Waals surface area contributed by atoms with Crippen LogP contribution in [0.1, 0.15) is 10.5 Å². The number of pyridine rings is 1. The van der Waals surface area contributed by atoms with Crippen molar-refractivity contribution in [2.75, 3.05) is 11.1 Å². The molecular weight excluding hydrogens is 284 g/mol. The van der Waals surface area contributed by atoms with Crippen molar-refractivity contribution in [3.05, 3.63) is 57.4 Å². The lowest BCUT2D eigenvalue weighted by molar-refractivity contribution is -0.384. The van der Waals surface area contributed by atoms with Gasteiger partial charge in [0.25, 0.3) is 11.6 Å². The maximum atomic E-state index is 11.9. The van der Waals surface area contributed by atoms with Crippen LogP contribution in [0.5, 0.6) is 0 Å². The quantitative estimate of drug-likeness (QED) is 0.667. The predicted octanol–water partition coefficient (Wildman–Crippen LogP) is 2.48. The number of nitro benzene ring substituents is 1. The van der Waals surface area contributed by atoms with Gasteiger partial charge < -0.3 is 11.1 Å². The molecule has 0 saturated carbocycles. The minimum Gasteiger partial charge on any atom is -0.397 e. The summed E-state index contributed by atoms with van der Waals surface area (Å²) in [4.78, 5) is 25.8. The van der Waals surface area contributed by atoms with E-state index in [0.717, 1.165) is 0 Å². The smallest absolute Gasteiger partial charge is 0.288 e. The molecular formula is C12H9ClN4O3. The number of nitrogens with zero attached hydrogens (tertiary/aromatic N) is 2. The maximum absolute atomic E-state index is 11.9. The molecule has 2 aromatic rings. The average Bonchev–Trinajstić information content (AvgIpc) is 2.38. The Morgan fingerprint density at radius 1 is 1.40 bits per heavy atom. The Hall–Kier alpha value is -2.67. The molecule has 0 radical (unpaired) electrons. The largest absolute Gasteiger partial charge is 0.397 e. The van der Waals surface area contributed by atoms with Gasteiger partial charge >= 0.3 is 0 Å². The van der Waals surface area contributed by atoms with Crippen LogP contribution in [-0.2, 0) is 0 Å². The van der Waals surface area contributed by atoms with Crippen LogP contribution in [0.3, 0.4) is 0 Å². The molecule has 0 aliphatic carbocycles. The van der Waals surface area contributed by atoms with Crippen molar-refractivity contribution < 1.29 is 9.72 Å². The van der Waals surface area contributed by atoms with E-state index in [0.29, 0.717) is 5.69 Å². The summed E-state index contributed by atoms with van der Waals surface area (Å²) < 4.78 is 0. The molecule has 7 nitrogen and oxygen atoms in total. The van der Waals surface area contributed by atoms with Gasteiger partial charge in [-0.25, -0.2) is 4.98 Å². The number of carbonyl (C=O) groups is 1. The van der Waals surface area contributed by atoms with Crippen LogP contribution in [0.25, 0.3) is 0 Å². The normalized spacial score (nSPS) is 10.1. The molecule has 0 fully saturated rings. The topological polar surface area (TPSA) is 111 Å². The lowest BCUT2D eigenvalue weighted by atomic mass is 10.2. The second-order valence-corrected chi connectivity index (χ2v) is 4.23. The van der Waals surface area contributed by atoms with E-state index in [9.17, 15) is 14.9 Å². The molecule has 0 bridgehead atoms. The van der Waals surface area contributed by atoms with Crippen LogP contribution >= 0.6 is 11.6 Å². The Labute approximate surface area is 118 Å². The molecule has 0 atom stereocenters. The molecule has 0 saturated heterocycles. The molecule has 0 aliphatic rings. The molecule has 8 heteroatoms. The van der Waals surface area contributed by atoms with Crippen molar-refractivity contribution in [2.24, 2.45) is 0 Å². The molecule has 3 N–H and O–H groups in total. The molecule has 102 valence electrons. The average molecular weight is 293 g/mol. The van der Waals surface area contributed by atoms with Gasteiger partial charge in [-0.2, -0.15) is 0 Å².